The van der Waals surface area contributed by atoms with Gasteiger partial charge in [-0.15, -0.1) is 0 Å². The molecule has 0 radical (unpaired) electrons. The number of nitrogen functional groups attached to an aromatic ring is 1. The molecule has 4 nitrogen and oxygen atoms in total. The van der Waals surface area contributed by atoms with Crippen LogP contribution < -0.4 is 10.6 Å². The van der Waals surface area contributed by atoms with E-state index in [1.807, 2.05) is 18.2 Å². The zero-order valence-corrected chi connectivity index (χ0v) is 11.5. The zero-order chi connectivity index (χ0) is 13.4. The Bertz CT molecular complexity index is 596. The Kier molecular flexibility index (Phi) is 3.01. The largest absolute Gasteiger partial charge is 0.399 e. The minimum Gasteiger partial charge on any atom is -0.399 e. The lowest BCUT2D eigenvalue weighted by Gasteiger charge is -2.38. The molecule has 4 heteroatoms. The Morgan fingerprint density at radius 2 is 2.05 bits per heavy atom. The van der Waals surface area contributed by atoms with Gasteiger partial charge in [-0.05, 0) is 43.9 Å². The third kappa shape index (κ3) is 2.23. The van der Waals surface area contributed by atoms with Crippen LogP contribution in [0.2, 0.25) is 0 Å². The second kappa shape index (κ2) is 4.68. The molecule has 2 atom stereocenters. The fraction of sp³-hybridized carbons (Fsp3) is 0.467. The maximum atomic E-state index is 5.83. The van der Waals surface area contributed by atoms with Crippen molar-refractivity contribution < 1.29 is 0 Å². The summed E-state index contributed by atoms with van der Waals surface area (Å²) in [6.07, 6.45) is 4.17. The molecule has 1 fully saturated rings. The van der Waals surface area contributed by atoms with Gasteiger partial charge in [0.05, 0.1) is 5.52 Å². The minimum absolute atomic E-state index is 0.534. The topological polar surface area (TPSA) is 55.0 Å². The first-order chi connectivity index (χ1) is 9.15. The molecule has 0 bridgehead atoms. The SMILES string of the molecule is CC1CCC(C)N(c2ncnc3cc(N)ccc23)C1. The lowest BCUT2D eigenvalue weighted by molar-refractivity contribution is 0.389. The Hall–Kier alpha value is -1.84. The van der Waals surface area contributed by atoms with Crippen LogP contribution in [-0.2, 0) is 0 Å². The molecule has 2 N–H and O–H groups in total. The fourth-order valence-electron chi connectivity index (χ4n) is 2.87. The fourth-order valence-corrected chi connectivity index (χ4v) is 2.87. The van der Waals surface area contributed by atoms with Crippen molar-refractivity contribution in [1.29, 1.82) is 0 Å². The lowest BCUT2D eigenvalue weighted by Crippen LogP contribution is -2.41. The highest BCUT2D eigenvalue weighted by molar-refractivity contribution is 5.91. The number of hydrogen-bond acceptors (Lipinski definition) is 4. The third-order valence-corrected chi connectivity index (χ3v) is 4.03. The quantitative estimate of drug-likeness (QED) is 0.797. The van der Waals surface area contributed by atoms with E-state index < -0.39 is 0 Å². The van der Waals surface area contributed by atoms with Crippen LogP contribution in [0.5, 0.6) is 0 Å². The summed E-state index contributed by atoms with van der Waals surface area (Å²) in [5, 5.41) is 1.10. The van der Waals surface area contributed by atoms with Crippen molar-refractivity contribution in [1.82, 2.24) is 9.97 Å². The zero-order valence-electron chi connectivity index (χ0n) is 11.5. The maximum Gasteiger partial charge on any atom is 0.140 e. The molecule has 1 saturated heterocycles. The van der Waals surface area contributed by atoms with Crippen molar-refractivity contribution in [2.24, 2.45) is 5.92 Å². The number of benzene rings is 1. The lowest BCUT2D eigenvalue weighted by atomic mass is 9.95. The van der Waals surface area contributed by atoms with E-state index in [0.717, 1.165) is 34.9 Å². The van der Waals surface area contributed by atoms with Crippen molar-refractivity contribution in [2.45, 2.75) is 32.7 Å². The molecule has 0 spiro atoms. The van der Waals surface area contributed by atoms with E-state index in [4.69, 9.17) is 5.73 Å². The molecule has 1 aliphatic heterocycles. The van der Waals surface area contributed by atoms with Gasteiger partial charge >= 0.3 is 0 Å². The van der Waals surface area contributed by atoms with E-state index >= 15 is 0 Å². The molecule has 1 aliphatic rings. The molecule has 1 aromatic heterocycles. The predicted molar refractivity (Wildman–Crippen MR) is 79.2 cm³/mol. The first kappa shape index (κ1) is 12.2. The number of fused-ring (bicyclic) bond motifs is 1. The summed E-state index contributed by atoms with van der Waals surface area (Å²) in [5.74, 6) is 1.76. The van der Waals surface area contributed by atoms with Crippen LogP contribution in [0.25, 0.3) is 10.9 Å². The summed E-state index contributed by atoms with van der Waals surface area (Å²) < 4.78 is 0. The number of hydrogen-bond donors (Lipinski definition) is 1. The van der Waals surface area contributed by atoms with Gasteiger partial charge in [0.25, 0.3) is 0 Å². The van der Waals surface area contributed by atoms with Crippen molar-refractivity contribution in [3.8, 4) is 0 Å². The van der Waals surface area contributed by atoms with Gasteiger partial charge in [0.15, 0.2) is 0 Å². The molecule has 19 heavy (non-hydrogen) atoms. The smallest absolute Gasteiger partial charge is 0.140 e. The summed E-state index contributed by atoms with van der Waals surface area (Å²) in [6.45, 7) is 5.65. The Morgan fingerprint density at radius 3 is 2.89 bits per heavy atom. The van der Waals surface area contributed by atoms with Gasteiger partial charge in [0, 0.05) is 23.7 Å². The van der Waals surface area contributed by atoms with Crippen LogP contribution in [0.3, 0.4) is 0 Å². The Labute approximate surface area is 113 Å². The molecule has 100 valence electrons. The van der Waals surface area contributed by atoms with Gasteiger partial charge in [-0.1, -0.05) is 6.92 Å². The summed E-state index contributed by atoms with van der Waals surface area (Å²) in [4.78, 5) is 11.3. The van der Waals surface area contributed by atoms with Gasteiger partial charge in [-0.3, -0.25) is 0 Å². The third-order valence-electron chi connectivity index (χ3n) is 4.03. The van der Waals surface area contributed by atoms with E-state index in [1.165, 1.54) is 12.8 Å². The number of aromatic nitrogens is 2. The number of piperidine rings is 1. The van der Waals surface area contributed by atoms with Gasteiger partial charge in [0.2, 0.25) is 0 Å². The molecule has 0 amide bonds. The van der Waals surface area contributed by atoms with Crippen LogP contribution in [0, 0.1) is 5.92 Å². The molecule has 1 aromatic carbocycles. The molecule has 2 unspecified atom stereocenters. The van der Waals surface area contributed by atoms with Gasteiger partial charge in [-0.25, -0.2) is 9.97 Å². The van der Waals surface area contributed by atoms with Crippen molar-refractivity contribution >= 4 is 22.4 Å². The van der Waals surface area contributed by atoms with E-state index in [0.29, 0.717) is 6.04 Å². The number of rotatable bonds is 1. The second-order valence-corrected chi connectivity index (χ2v) is 5.66. The minimum atomic E-state index is 0.534. The van der Waals surface area contributed by atoms with Crippen molar-refractivity contribution in [2.75, 3.05) is 17.2 Å². The normalized spacial score (nSPS) is 23.8. The van der Waals surface area contributed by atoms with E-state index in [9.17, 15) is 0 Å². The number of nitrogens with zero attached hydrogens (tertiary/aromatic N) is 3. The van der Waals surface area contributed by atoms with Crippen LogP contribution in [0.1, 0.15) is 26.7 Å². The monoisotopic (exact) mass is 256 g/mol. The molecule has 2 heterocycles. The van der Waals surface area contributed by atoms with E-state index in [1.54, 1.807) is 6.33 Å². The highest BCUT2D eigenvalue weighted by Crippen LogP contribution is 2.31. The summed E-state index contributed by atoms with van der Waals surface area (Å²) in [5.41, 5.74) is 7.50. The van der Waals surface area contributed by atoms with Gasteiger partial charge < -0.3 is 10.6 Å². The average Bonchev–Trinajstić information content (AvgIpc) is 2.40. The second-order valence-electron chi connectivity index (χ2n) is 5.66. The van der Waals surface area contributed by atoms with Crippen molar-refractivity contribution in [3.05, 3.63) is 24.5 Å². The number of nitrogens with two attached hydrogens (primary N) is 1. The Morgan fingerprint density at radius 1 is 1.21 bits per heavy atom. The summed E-state index contributed by atoms with van der Waals surface area (Å²) in [6, 6.07) is 6.41. The molecule has 2 aromatic rings. The predicted octanol–water partition coefficient (Wildman–Crippen LogP) is 2.84. The van der Waals surface area contributed by atoms with E-state index in [-0.39, 0.29) is 0 Å². The summed E-state index contributed by atoms with van der Waals surface area (Å²) >= 11 is 0. The summed E-state index contributed by atoms with van der Waals surface area (Å²) in [7, 11) is 0. The molecular formula is C15H20N4. The van der Waals surface area contributed by atoms with Crippen LogP contribution >= 0.6 is 0 Å². The van der Waals surface area contributed by atoms with Gasteiger partial charge in [0.1, 0.15) is 12.1 Å². The highest BCUT2D eigenvalue weighted by atomic mass is 15.2. The Balaban J connectivity index is 2.09. The van der Waals surface area contributed by atoms with E-state index in [2.05, 4.69) is 28.7 Å². The first-order valence-electron chi connectivity index (χ1n) is 6.92. The molecule has 3 rings (SSSR count). The maximum absolute atomic E-state index is 5.83. The van der Waals surface area contributed by atoms with Gasteiger partial charge in [-0.2, -0.15) is 0 Å². The van der Waals surface area contributed by atoms with Crippen LogP contribution in [0.4, 0.5) is 11.5 Å². The first-order valence-corrected chi connectivity index (χ1v) is 6.92. The standard InChI is InChI=1S/C15H20N4/c1-10-3-4-11(2)19(8-10)15-13-6-5-12(16)7-14(13)17-9-18-15/h5-7,9-11H,3-4,8,16H2,1-2H3. The number of anilines is 2. The molecule has 0 saturated carbocycles. The van der Waals surface area contributed by atoms with Crippen LogP contribution in [-0.4, -0.2) is 22.6 Å². The molecular weight excluding hydrogens is 236 g/mol. The average molecular weight is 256 g/mol. The highest BCUT2D eigenvalue weighted by Gasteiger charge is 2.25. The van der Waals surface area contributed by atoms with Crippen molar-refractivity contribution in [3.63, 3.8) is 0 Å². The molecule has 0 aliphatic carbocycles. The van der Waals surface area contributed by atoms with Crippen LogP contribution in [0.15, 0.2) is 24.5 Å².